The number of nitrogens with two attached hydrogens (primary N) is 1. The Kier molecular flexibility index (Phi) is 5.62. The molecule has 4 rings (SSSR count). The maximum Gasteiger partial charge on any atom is 0.359 e. The SMILES string of the molecule is CCOC(=O)c1nc(S(=O)(NC=O)(c2ccccc2)C2CC2)nc(Nc2cc(C)[nH]n2)c1N. The van der Waals surface area contributed by atoms with Crippen molar-refractivity contribution in [1.82, 2.24) is 24.9 Å². The molecule has 0 radical (unpaired) electrons. The Morgan fingerprint density at radius 3 is 2.61 bits per heavy atom. The van der Waals surface area contributed by atoms with Crippen LogP contribution in [0.3, 0.4) is 0 Å². The number of carbonyl (C=O) groups is 2. The second-order valence-electron chi connectivity index (χ2n) is 7.65. The number of nitrogens with zero attached hydrogens (tertiary/aromatic N) is 3. The van der Waals surface area contributed by atoms with Crippen LogP contribution in [-0.2, 0) is 18.8 Å². The van der Waals surface area contributed by atoms with E-state index in [1.807, 2.05) is 6.92 Å². The highest BCUT2D eigenvalue weighted by Crippen LogP contribution is 2.52. The zero-order chi connectivity index (χ0) is 23.7. The van der Waals surface area contributed by atoms with Crippen LogP contribution in [0.25, 0.3) is 0 Å². The fourth-order valence-corrected chi connectivity index (χ4v) is 7.45. The molecule has 174 valence electrons. The number of benzene rings is 1. The second-order valence-corrected chi connectivity index (χ2v) is 11.4. The van der Waals surface area contributed by atoms with Crippen molar-refractivity contribution >= 4 is 39.0 Å². The molecule has 0 spiro atoms. The third-order valence-electron chi connectivity index (χ3n) is 5.36. The smallest absolute Gasteiger partial charge is 0.359 e. The molecule has 0 atom stereocenters. The summed E-state index contributed by atoms with van der Waals surface area (Å²) in [6.45, 7) is 3.55. The van der Waals surface area contributed by atoms with E-state index in [1.165, 1.54) is 0 Å². The van der Waals surface area contributed by atoms with Crippen molar-refractivity contribution in [2.75, 3.05) is 17.7 Å². The number of ether oxygens (including phenoxy) is 1. The lowest BCUT2D eigenvalue weighted by Gasteiger charge is -2.41. The molecule has 1 saturated carbocycles. The summed E-state index contributed by atoms with van der Waals surface area (Å²) < 4.78 is 22.8. The van der Waals surface area contributed by atoms with Crippen molar-refractivity contribution in [3.63, 3.8) is 0 Å². The third-order valence-corrected chi connectivity index (χ3v) is 9.79. The molecule has 3 aromatic rings. The maximum absolute atomic E-state index is 15.1. The molecule has 12 heteroatoms. The van der Waals surface area contributed by atoms with Crippen LogP contribution in [0.5, 0.6) is 0 Å². The molecule has 5 N–H and O–H groups in total. The van der Waals surface area contributed by atoms with Crippen molar-refractivity contribution in [3.8, 4) is 0 Å². The van der Waals surface area contributed by atoms with Crippen molar-refractivity contribution < 1.29 is 18.5 Å². The van der Waals surface area contributed by atoms with E-state index < -0.39 is 20.5 Å². The number of rotatable bonds is 9. The van der Waals surface area contributed by atoms with Gasteiger partial charge >= 0.3 is 5.97 Å². The van der Waals surface area contributed by atoms with E-state index in [1.54, 1.807) is 43.3 Å². The van der Waals surface area contributed by atoms with Gasteiger partial charge in [-0.25, -0.2) is 14.8 Å². The van der Waals surface area contributed by atoms with Crippen LogP contribution in [0.4, 0.5) is 17.3 Å². The first-order valence-corrected chi connectivity index (χ1v) is 12.4. The highest BCUT2D eigenvalue weighted by molar-refractivity contribution is 8.19. The first kappa shape index (κ1) is 22.4. The predicted octanol–water partition coefficient (Wildman–Crippen LogP) is 2.07. The monoisotopic (exact) mass is 471 g/mol. The van der Waals surface area contributed by atoms with Crippen LogP contribution in [0.15, 0.2) is 46.5 Å². The topological polar surface area (TPSA) is 165 Å². The number of nitrogen functional groups attached to an aromatic ring is 1. The Hall–Kier alpha value is -3.80. The summed E-state index contributed by atoms with van der Waals surface area (Å²) in [6.07, 6.45) is 1.56. The Bertz CT molecular complexity index is 1270. The van der Waals surface area contributed by atoms with Crippen molar-refractivity contribution in [1.29, 1.82) is 0 Å². The van der Waals surface area contributed by atoms with Crippen LogP contribution in [0.2, 0.25) is 0 Å². The van der Waals surface area contributed by atoms with Crippen molar-refractivity contribution in [2.45, 2.75) is 42.0 Å². The van der Waals surface area contributed by atoms with Gasteiger partial charge < -0.3 is 15.8 Å². The molecular weight excluding hydrogens is 446 g/mol. The number of carbonyl (C=O) groups excluding carboxylic acids is 2. The fraction of sp³-hybridized carbons (Fsp3) is 0.286. The van der Waals surface area contributed by atoms with Gasteiger partial charge in [-0.3, -0.25) is 18.8 Å². The van der Waals surface area contributed by atoms with Gasteiger partial charge in [-0.05, 0) is 38.8 Å². The number of hydrogen-bond donors (Lipinski definition) is 4. The molecule has 1 amide bonds. The van der Waals surface area contributed by atoms with Gasteiger partial charge in [-0.1, -0.05) is 18.2 Å². The first-order valence-electron chi connectivity index (χ1n) is 10.4. The molecule has 11 nitrogen and oxygen atoms in total. The minimum Gasteiger partial charge on any atom is -0.461 e. The fourth-order valence-electron chi connectivity index (χ4n) is 3.65. The van der Waals surface area contributed by atoms with E-state index in [0.717, 1.165) is 5.69 Å². The summed E-state index contributed by atoms with van der Waals surface area (Å²) in [5.41, 5.74) is 6.66. The van der Waals surface area contributed by atoms with E-state index in [4.69, 9.17) is 10.5 Å². The van der Waals surface area contributed by atoms with Crippen LogP contribution in [0.1, 0.15) is 35.9 Å². The van der Waals surface area contributed by atoms with Gasteiger partial charge in [0, 0.05) is 21.9 Å². The van der Waals surface area contributed by atoms with Gasteiger partial charge in [-0.15, -0.1) is 0 Å². The number of H-pyrrole nitrogens is 1. The quantitative estimate of drug-likeness (QED) is 0.208. The Morgan fingerprint density at radius 1 is 1.30 bits per heavy atom. The zero-order valence-electron chi connectivity index (χ0n) is 18.2. The molecular formula is C21H25N7O4S. The summed E-state index contributed by atoms with van der Waals surface area (Å²) in [7, 11) is -4.38. The molecule has 0 aliphatic heterocycles. The summed E-state index contributed by atoms with van der Waals surface area (Å²) >= 11 is 0. The number of esters is 1. The minimum absolute atomic E-state index is 0.0256. The molecule has 1 fully saturated rings. The van der Waals surface area contributed by atoms with E-state index in [-0.39, 0.29) is 29.0 Å². The molecule has 2 heterocycles. The van der Waals surface area contributed by atoms with Crippen LogP contribution >= 0.6 is 0 Å². The minimum atomic E-state index is -4.38. The third kappa shape index (κ3) is 3.71. The standard InChI is InChI=1S/C21H25N7O4S/c1-3-32-20(30)18-17(22)19(24-16-11-13(2)27-28-16)26-21(25-18)33(31,23-12-29,15-9-10-15)14-7-5-4-6-8-14/h4-8,11-12,15H,3,9-10,22H2,1-2H3,(H,23,29,31)(H2,24,25,26,27,28). The lowest BCUT2D eigenvalue weighted by molar-refractivity contribution is -0.108. The normalized spacial score (nSPS) is 14.7. The average molecular weight is 472 g/mol. The van der Waals surface area contributed by atoms with E-state index >= 15 is 4.21 Å². The largest absolute Gasteiger partial charge is 0.461 e. The van der Waals surface area contributed by atoms with Crippen molar-refractivity contribution in [2.24, 2.45) is 0 Å². The zero-order valence-corrected chi connectivity index (χ0v) is 19.0. The molecule has 1 aliphatic rings. The van der Waals surface area contributed by atoms with Gasteiger partial charge in [0.05, 0.1) is 15.9 Å². The van der Waals surface area contributed by atoms with Crippen LogP contribution < -0.4 is 15.8 Å². The summed E-state index contributed by atoms with van der Waals surface area (Å²) in [4.78, 5) is 33.7. The Balaban J connectivity index is 2.00. The first-order chi connectivity index (χ1) is 15.8. The Morgan fingerprint density at radius 2 is 2.03 bits per heavy atom. The number of anilines is 3. The molecule has 2 aromatic heterocycles. The summed E-state index contributed by atoms with van der Waals surface area (Å²) in [6, 6.07) is 10.2. The number of nitrogens with one attached hydrogen (secondary N) is 3. The molecule has 1 aromatic carbocycles. The Labute approximate surface area is 190 Å². The van der Waals surface area contributed by atoms with Crippen LogP contribution in [0, 0.1) is 6.92 Å². The van der Waals surface area contributed by atoms with E-state index in [2.05, 4.69) is 30.2 Å². The van der Waals surface area contributed by atoms with Gasteiger partial charge in [0.25, 0.3) is 0 Å². The number of aryl methyl sites for hydroxylation is 1. The lowest BCUT2D eigenvalue weighted by atomic mass is 10.3. The second kappa shape index (κ2) is 8.28. The van der Waals surface area contributed by atoms with Gasteiger partial charge in [0.1, 0.15) is 5.69 Å². The highest BCUT2D eigenvalue weighted by atomic mass is 32.3. The summed E-state index contributed by atoms with van der Waals surface area (Å²) in [5, 5.41) is 9.20. The van der Waals surface area contributed by atoms with E-state index in [9.17, 15) is 9.59 Å². The molecule has 33 heavy (non-hydrogen) atoms. The molecule has 0 bridgehead atoms. The van der Waals surface area contributed by atoms with Gasteiger partial charge in [0.2, 0.25) is 11.6 Å². The lowest BCUT2D eigenvalue weighted by Crippen LogP contribution is -2.52. The number of aromatic amines is 1. The molecule has 0 saturated heterocycles. The summed E-state index contributed by atoms with van der Waals surface area (Å²) in [5.74, 6) is -0.384. The van der Waals surface area contributed by atoms with Gasteiger partial charge in [-0.2, -0.15) is 5.10 Å². The number of aromatic nitrogens is 4. The average Bonchev–Trinajstić information content (AvgIpc) is 3.59. The highest BCUT2D eigenvalue weighted by Gasteiger charge is 2.56. The number of hydrogen-bond acceptors (Lipinski definition) is 9. The van der Waals surface area contributed by atoms with Gasteiger partial charge in [0.15, 0.2) is 17.3 Å². The maximum atomic E-state index is 15.1. The van der Waals surface area contributed by atoms with Crippen LogP contribution in [-0.4, -0.2) is 48.6 Å². The molecule has 1 aliphatic carbocycles. The number of amides is 1. The molecule has 0 unspecified atom stereocenters. The predicted molar refractivity (Wildman–Crippen MR) is 122 cm³/mol. The van der Waals surface area contributed by atoms with E-state index in [0.29, 0.717) is 30.0 Å². The van der Waals surface area contributed by atoms with Crippen molar-refractivity contribution in [3.05, 3.63) is 47.8 Å².